The summed E-state index contributed by atoms with van der Waals surface area (Å²) in [5, 5.41) is 17.7. The van der Waals surface area contributed by atoms with E-state index in [2.05, 4.69) is 20.4 Å². The lowest BCUT2D eigenvalue weighted by molar-refractivity contribution is -0.121. The zero-order chi connectivity index (χ0) is 23.4. The van der Waals surface area contributed by atoms with Crippen molar-refractivity contribution < 1.29 is 14.6 Å². The minimum absolute atomic E-state index is 0.0502. The normalized spacial score (nSPS) is 11.9. The topological polar surface area (TPSA) is 124 Å². The molecule has 0 aliphatic heterocycles. The number of amides is 1. The minimum Gasteiger partial charge on any atom is -0.497 e. The molecule has 0 saturated carbocycles. The molecule has 0 radical (unpaired) electrons. The monoisotopic (exact) mass is 448 g/mol. The summed E-state index contributed by atoms with van der Waals surface area (Å²) in [6, 6.07) is 12.1. The first-order valence-electron chi connectivity index (χ1n) is 10.4. The molecule has 1 atom stereocenters. The van der Waals surface area contributed by atoms with Crippen LogP contribution in [0, 0.1) is 0 Å². The Morgan fingerprint density at radius 1 is 1.21 bits per heavy atom. The van der Waals surface area contributed by atoms with Gasteiger partial charge in [-0.15, -0.1) is 0 Å². The summed E-state index contributed by atoms with van der Waals surface area (Å²) in [5.41, 5.74) is 0.641. The van der Waals surface area contributed by atoms with Crippen molar-refractivity contribution in [3.63, 3.8) is 0 Å². The molecule has 0 aliphatic carbocycles. The summed E-state index contributed by atoms with van der Waals surface area (Å²) in [6.45, 7) is 0.346. The van der Waals surface area contributed by atoms with Gasteiger partial charge in [0.15, 0.2) is 5.82 Å². The summed E-state index contributed by atoms with van der Waals surface area (Å²) < 4.78 is 8.17. The molecule has 4 rings (SSSR count). The number of hydrogen-bond donors (Lipinski definition) is 2. The van der Waals surface area contributed by atoms with Crippen molar-refractivity contribution in [2.45, 2.75) is 18.8 Å². The fourth-order valence-electron chi connectivity index (χ4n) is 3.69. The quantitative estimate of drug-likeness (QED) is 0.418. The number of carbonyl (C=O) groups excluding carboxylic acids is 1. The second-order valence-electron chi connectivity index (χ2n) is 7.55. The fourth-order valence-corrected chi connectivity index (χ4v) is 3.69. The Morgan fingerprint density at radius 3 is 2.70 bits per heavy atom. The van der Waals surface area contributed by atoms with Gasteiger partial charge in [-0.05, 0) is 29.8 Å². The highest BCUT2D eigenvalue weighted by atomic mass is 16.5. The molecule has 0 bridgehead atoms. The van der Waals surface area contributed by atoms with Gasteiger partial charge in [-0.1, -0.05) is 18.2 Å². The zero-order valence-corrected chi connectivity index (χ0v) is 18.3. The molecule has 0 saturated heterocycles. The largest absolute Gasteiger partial charge is 0.497 e. The van der Waals surface area contributed by atoms with Crippen LogP contribution < -0.4 is 15.6 Å². The van der Waals surface area contributed by atoms with E-state index in [1.54, 1.807) is 73.8 Å². The predicted octanol–water partition coefficient (Wildman–Crippen LogP) is 1.42. The van der Waals surface area contributed by atoms with Gasteiger partial charge in [0.1, 0.15) is 17.7 Å². The number of methoxy groups -OCH3 is 1. The molecule has 1 aromatic carbocycles. The number of fused-ring (bicyclic) bond motifs is 1. The number of aromatic nitrogens is 5. The van der Waals surface area contributed by atoms with Gasteiger partial charge < -0.3 is 15.2 Å². The molecule has 2 N–H and O–H groups in total. The van der Waals surface area contributed by atoms with E-state index in [0.717, 1.165) is 0 Å². The molecule has 33 heavy (non-hydrogen) atoms. The fraction of sp³-hybridized carbons (Fsp3) is 0.261. The standard InChI is InChI=1S/C23H24N6O4/c1-28-14-25-18(27-28)10-11-24-20(30)13-17(15-6-8-16(33-2)9-7-15)21-22(31)26-19-5-3-4-12-29(19)23(21)32/h3-9,12,14,17,31H,10-11,13H2,1-2H3,(H,24,30). The number of aryl methyl sites for hydroxylation is 1. The van der Waals surface area contributed by atoms with Crippen molar-refractivity contribution >= 4 is 11.6 Å². The number of nitrogens with zero attached hydrogens (tertiary/aromatic N) is 5. The maximum atomic E-state index is 13.3. The van der Waals surface area contributed by atoms with Gasteiger partial charge in [-0.3, -0.25) is 18.7 Å². The Hall–Kier alpha value is -4.21. The van der Waals surface area contributed by atoms with E-state index in [0.29, 0.717) is 35.8 Å². The zero-order valence-electron chi connectivity index (χ0n) is 18.3. The first-order valence-corrected chi connectivity index (χ1v) is 10.4. The van der Waals surface area contributed by atoms with Crippen LogP contribution in [0.4, 0.5) is 0 Å². The van der Waals surface area contributed by atoms with Crippen LogP contribution in [0.1, 0.15) is 29.3 Å². The third-order valence-electron chi connectivity index (χ3n) is 5.32. The second kappa shape index (κ2) is 9.51. The molecular weight excluding hydrogens is 424 g/mol. The third-order valence-corrected chi connectivity index (χ3v) is 5.32. The average molecular weight is 448 g/mol. The number of aromatic hydroxyl groups is 1. The van der Waals surface area contributed by atoms with E-state index in [1.807, 2.05) is 0 Å². The number of pyridine rings is 1. The van der Waals surface area contributed by atoms with E-state index in [1.165, 1.54) is 4.40 Å². The lowest BCUT2D eigenvalue weighted by atomic mass is 9.89. The van der Waals surface area contributed by atoms with Gasteiger partial charge in [-0.25, -0.2) is 4.98 Å². The number of nitrogens with one attached hydrogen (secondary N) is 1. The Morgan fingerprint density at radius 2 is 2.00 bits per heavy atom. The molecule has 0 fully saturated rings. The van der Waals surface area contributed by atoms with Crippen molar-refractivity contribution in [3.8, 4) is 11.6 Å². The Bertz CT molecular complexity index is 1330. The lowest BCUT2D eigenvalue weighted by Gasteiger charge is -2.19. The van der Waals surface area contributed by atoms with Gasteiger partial charge in [0.25, 0.3) is 5.56 Å². The van der Waals surface area contributed by atoms with Crippen molar-refractivity contribution in [1.29, 1.82) is 0 Å². The first kappa shape index (κ1) is 22.0. The Kier molecular flexibility index (Phi) is 6.34. The van der Waals surface area contributed by atoms with E-state index >= 15 is 0 Å². The van der Waals surface area contributed by atoms with Crippen molar-refractivity contribution in [2.75, 3.05) is 13.7 Å². The summed E-state index contributed by atoms with van der Waals surface area (Å²) >= 11 is 0. The summed E-state index contributed by atoms with van der Waals surface area (Å²) in [4.78, 5) is 34.4. The van der Waals surface area contributed by atoms with Crippen LogP contribution in [0.2, 0.25) is 0 Å². The smallest absolute Gasteiger partial charge is 0.265 e. The number of benzene rings is 1. The van der Waals surface area contributed by atoms with Gasteiger partial charge in [0, 0.05) is 38.5 Å². The highest BCUT2D eigenvalue weighted by molar-refractivity contribution is 5.77. The highest BCUT2D eigenvalue weighted by Gasteiger charge is 2.26. The second-order valence-corrected chi connectivity index (χ2v) is 7.55. The van der Waals surface area contributed by atoms with E-state index in [-0.39, 0.29) is 17.9 Å². The molecule has 3 heterocycles. The minimum atomic E-state index is -0.707. The average Bonchev–Trinajstić information content (AvgIpc) is 3.23. The number of hydrogen-bond acceptors (Lipinski definition) is 7. The van der Waals surface area contributed by atoms with Crippen molar-refractivity contribution in [2.24, 2.45) is 7.05 Å². The molecule has 1 amide bonds. The van der Waals surface area contributed by atoms with Gasteiger partial charge in [-0.2, -0.15) is 10.1 Å². The third kappa shape index (κ3) is 4.84. The van der Waals surface area contributed by atoms with Gasteiger partial charge in [0.05, 0.1) is 12.7 Å². The molecule has 4 aromatic rings. The van der Waals surface area contributed by atoms with E-state index in [9.17, 15) is 14.7 Å². The molecule has 1 unspecified atom stereocenters. The van der Waals surface area contributed by atoms with E-state index < -0.39 is 17.4 Å². The molecular formula is C23H24N6O4. The molecule has 0 spiro atoms. The van der Waals surface area contributed by atoms with Crippen LogP contribution in [-0.2, 0) is 18.3 Å². The van der Waals surface area contributed by atoms with E-state index in [4.69, 9.17) is 4.74 Å². The van der Waals surface area contributed by atoms with Crippen LogP contribution >= 0.6 is 0 Å². The van der Waals surface area contributed by atoms with Crippen LogP contribution in [0.25, 0.3) is 5.65 Å². The van der Waals surface area contributed by atoms with Gasteiger partial charge >= 0.3 is 0 Å². The molecule has 10 heteroatoms. The predicted molar refractivity (Wildman–Crippen MR) is 120 cm³/mol. The van der Waals surface area contributed by atoms with Crippen molar-refractivity contribution in [1.82, 2.24) is 29.5 Å². The number of ether oxygens (including phenoxy) is 1. The van der Waals surface area contributed by atoms with Crippen LogP contribution in [0.15, 0.2) is 59.8 Å². The summed E-state index contributed by atoms with van der Waals surface area (Å²) in [5.74, 6) is -0.108. The molecule has 10 nitrogen and oxygen atoms in total. The summed E-state index contributed by atoms with van der Waals surface area (Å²) in [7, 11) is 3.33. The maximum Gasteiger partial charge on any atom is 0.265 e. The SMILES string of the molecule is COc1ccc(C(CC(=O)NCCc2ncn(C)n2)c2c(O)nc3ccccn3c2=O)cc1. The van der Waals surface area contributed by atoms with Crippen LogP contribution in [0.3, 0.4) is 0 Å². The molecule has 3 aromatic heterocycles. The first-order chi connectivity index (χ1) is 16.0. The lowest BCUT2D eigenvalue weighted by Crippen LogP contribution is -2.30. The number of carbonyl (C=O) groups is 1. The number of rotatable bonds is 8. The van der Waals surface area contributed by atoms with Gasteiger partial charge in [0.2, 0.25) is 11.8 Å². The van der Waals surface area contributed by atoms with Crippen LogP contribution in [0.5, 0.6) is 11.6 Å². The maximum absolute atomic E-state index is 13.3. The Labute approximate surface area is 189 Å². The Balaban J connectivity index is 1.63. The molecule has 0 aliphatic rings. The van der Waals surface area contributed by atoms with Crippen molar-refractivity contribution in [3.05, 3.63) is 82.3 Å². The highest BCUT2D eigenvalue weighted by Crippen LogP contribution is 2.31. The summed E-state index contributed by atoms with van der Waals surface area (Å²) in [6.07, 6.45) is 3.61. The van der Waals surface area contributed by atoms with Crippen LogP contribution in [-0.4, -0.2) is 48.8 Å². The molecule has 170 valence electrons.